The number of amides is 1. The van der Waals surface area contributed by atoms with Crippen molar-refractivity contribution in [2.24, 2.45) is 4.99 Å². The zero-order valence-electron chi connectivity index (χ0n) is 11.1. The molecule has 2 aromatic carbocycles. The quantitative estimate of drug-likeness (QED) is 0.798. The molecule has 0 atom stereocenters. The van der Waals surface area contributed by atoms with E-state index in [1.807, 2.05) is 24.3 Å². The lowest BCUT2D eigenvalue weighted by molar-refractivity contribution is -0.126. The van der Waals surface area contributed by atoms with E-state index in [2.05, 4.69) is 23.2 Å². The highest BCUT2D eigenvalue weighted by Crippen LogP contribution is 2.22. The number of benzene rings is 2. The fourth-order valence-corrected chi connectivity index (χ4v) is 2.72. The molecule has 1 aliphatic heterocycles. The zero-order chi connectivity index (χ0) is 13.9. The van der Waals surface area contributed by atoms with Crippen LogP contribution in [0.3, 0.4) is 0 Å². The number of hydrogen-bond acceptors (Lipinski definition) is 2. The topological polar surface area (TPSA) is 32.7 Å². The number of carbonyl (C=O) groups is 1. The van der Waals surface area contributed by atoms with Gasteiger partial charge in [-0.15, -0.1) is 11.6 Å². The molecule has 0 saturated carbocycles. The van der Waals surface area contributed by atoms with Gasteiger partial charge in [0, 0.05) is 24.4 Å². The van der Waals surface area contributed by atoms with E-state index in [0.29, 0.717) is 25.4 Å². The molecule has 0 bridgehead atoms. The zero-order valence-corrected chi connectivity index (χ0v) is 11.8. The summed E-state index contributed by atoms with van der Waals surface area (Å²) in [7, 11) is 0. The maximum Gasteiger partial charge on any atom is 0.229 e. The Hall–Kier alpha value is -1.87. The van der Waals surface area contributed by atoms with Gasteiger partial charge in [0.1, 0.15) is 5.84 Å². The molecule has 3 nitrogen and oxygen atoms in total. The SMILES string of the molecule is O=C(CCCl)N1CCN=C1c1cccc2ccccc12. The molecular formula is C16H15ClN2O. The van der Waals surface area contributed by atoms with Crippen LogP contribution >= 0.6 is 11.6 Å². The van der Waals surface area contributed by atoms with Crippen LogP contribution in [0.5, 0.6) is 0 Å². The first-order valence-corrected chi connectivity index (χ1v) is 7.23. The molecule has 1 amide bonds. The Bertz CT molecular complexity index is 676. The Morgan fingerprint density at radius 3 is 2.85 bits per heavy atom. The molecule has 1 heterocycles. The average molecular weight is 287 g/mol. The van der Waals surface area contributed by atoms with E-state index < -0.39 is 0 Å². The molecule has 0 aliphatic carbocycles. The van der Waals surface area contributed by atoms with Crippen LogP contribution in [0.1, 0.15) is 12.0 Å². The molecule has 0 N–H and O–H groups in total. The van der Waals surface area contributed by atoms with E-state index in [-0.39, 0.29) is 5.91 Å². The summed E-state index contributed by atoms with van der Waals surface area (Å²) < 4.78 is 0. The van der Waals surface area contributed by atoms with Crippen LogP contribution in [0.15, 0.2) is 47.5 Å². The molecular weight excluding hydrogens is 272 g/mol. The van der Waals surface area contributed by atoms with Crippen molar-refractivity contribution in [2.75, 3.05) is 19.0 Å². The van der Waals surface area contributed by atoms with Crippen molar-refractivity contribution in [1.29, 1.82) is 0 Å². The van der Waals surface area contributed by atoms with E-state index in [9.17, 15) is 4.79 Å². The summed E-state index contributed by atoms with van der Waals surface area (Å²) in [5, 5.41) is 2.28. The lowest BCUT2D eigenvalue weighted by Gasteiger charge is -2.19. The Labute approximate surface area is 122 Å². The Balaban J connectivity index is 2.04. The summed E-state index contributed by atoms with van der Waals surface area (Å²) in [5.41, 5.74) is 1.02. The Morgan fingerprint density at radius 2 is 2.00 bits per heavy atom. The van der Waals surface area contributed by atoms with Crippen LogP contribution in [-0.4, -0.2) is 35.6 Å². The van der Waals surface area contributed by atoms with Crippen LogP contribution in [0.2, 0.25) is 0 Å². The standard InChI is InChI=1S/C16H15ClN2O/c17-9-8-15(20)19-11-10-18-16(19)14-7-3-5-12-4-1-2-6-13(12)14/h1-7H,8-11H2. The van der Waals surface area contributed by atoms with Gasteiger partial charge in [0.25, 0.3) is 0 Å². The highest BCUT2D eigenvalue weighted by molar-refractivity contribution is 6.20. The van der Waals surface area contributed by atoms with Crippen molar-refractivity contribution in [3.05, 3.63) is 48.0 Å². The molecule has 3 rings (SSSR count). The predicted octanol–water partition coefficient (Wildman–Crippen LogP) is 3.06. The number of fused-ring (bicyclic) bond motifs is 1. The second-order valence-corrected chi connectivity index (χ2v) is 5.09. The van der Waals surface area contributed by atoms with E-state index in [1.165, 1.54) is 0 Å². The minimum Gasteiger partial charge on any atom is -0.295 e. The molecule has 0 radical (unpaired) electrons. The highest BCUT2D eigenvalue weighted by atomic mass is 35.5. The van der Waals surface area contributed by atoms with E-state index >= 15 is 0 Å². The molecule has 0 fully saturated rings. The summed E-state index contributed by atoms with van der Waals surface area (Å²) in [6, 6.07) is 14.2. The number of carbonyl (C=O) groups excluding carboxylic acids is 1. The first-order chi connectivity index (χ1) is 9.81. The van der Waals surface area contributed by atoms with Gasteiger partial charge in [-0.1, -0.05) is 42.5 Å². The lowest BCUT2D eigenvalue weighted by atomic mass is 10.0. The number of halogens is 1. The smallest absolute Gasteiger partial charge is 0.229 e. The minimum atomic E-state index is 0.0455. The van der Waals surface area contributed by atoms with Gasteiger partial charge in [-0.3, -0.25) is 14.7 Å². The highest BCUT2D eigenvalue weighted by Gasteiger charge is 2.25. The van der Waals surface area contributed by atoms with Crippen molar-refractivity contribution in [3.63, 3.8) is 0 Å². The third kappa shape index (κ3) is 2.29. The monoisotopic (exact) mass is 286 g/mol. The Kier molecular flexibility index (Phi) is 3.70. The van der Waals surface area contributed by atoms with Crippen LogP contribution in [0.4, 0.5) is 0 Å². The molecule has 4 heteroatoms. The third-order valence-corrected chi connectivity index (χ3v) is 3.67. The largest absolute Gasteiger partial charge is 0.295 e. The van der Waals surface area contributed by atoms with Crippen molar-refractivity contribution in [3.8, 4) is 0 Å². The second kappa shape index (κ2) is 5.63. The number of alkyl halides is 1. The molecule has 102 valence electrons. The molecule has 1 aliphatic rings. The van der Waals surface area contributed by atoms with Gasteiger partial charge in [-0.2, -0.15) is 0 Å². The molecule has 0 aromatic heterocycles. The second-order valence-electron chi connectivity index (χ2n) is 4.72. The summed E-state index contributed by atoms with van der Waals surface area (Å²) in [6.45, 7) is 1.31. The molecule has 20 heavy (non-hydrogen) atoms. The normalized spacial score (nSPS) is 14.7. The molecule has 0 saturated heterocycles. The van der Waals surface area contributed by atoms with Crippen LogP contribution in [0, 0.1) is 0 Å². The van der Waals surface area contributed by atoms with E-state index in [4.69, 9.17) is 11.6 Å². The maximum atomic E-state index is 12.1. The summed E-state index contributed by atoms with van der Waals surface area (Å²) in [6.07, 6.45) is 0.353. The van der Waals surface area contributed by atoms with Gasteiger partial charge in [0.2, 0.25) is 5.91 Å². The van der Waals surface area contributed by atoms with Gasteiger partial charge < -0.3 is 0 Å². The van der Waals surface area contributed by atoms with Crippen molar-refractivity contribution in [1.82, 2.24) is 4.90 Å². The number of nitrogens with zero attached hydrogens (tertiary/aromatic N) is 2. The van der Waals surface area contributed by atoms with Crippen LogP contribution in [0.25, 0.3) is 10.8 Å². The minimum absolute atomic E-state index is 0.0455. The van der Waals surface area contributed by atoms with Gasteiger partial charge in [0.15, 0.2) is 0 Å². The third-order valence-electron chi connectivity index (χ3n) is 3.48. The van der Waals surface area contributed by atoms with Crippen molar-refractivity contribution in [2.45, 2.75) is 6.42 Å². The van der Waals surface area contributed by atoms with Crippen molar-refractivity contribution < 1.29 is 4.79 Å². The van der Waals surface area contributed by atoms with E-state index in [0.717, 1.165) is 22.2 Å². The predicted molar refractivity (Wildman–Crippen MR) is 82.4 cm³/mol. The van der Waals surface area contributed by atoms with Crippen LogP contribution < -0.4 is 0 Å². The van der Waals surface area contributed by atoms with Crippen LogP contribution in [-0.2, 0) is 4.79 Å². The fourth-order valence-electron chi connectivity index (χ4n) is 2.56. The molecule has 0 unspecified atom stereocenters. The van der Waals surface area contributed by atoms with E-state index in [1.54, 1.807) is 4.90 Å². The molecule has 2 aromatic rings. The number of hydrogen-bond donors (Lipinski definition) is 0. The van der Waals surface area contributed by atoms with Crippen molar-refractivity contribution >= 4 is 34.1 Å². The van der Waals surface area contributed by atoms with Gasteiger partial charge in [-0.05, 0) is 10.8 Å². The lowest BCUT2D eigenvalue weighted by Crippen LogP contribution is -2.35. The fraction of sp³-hybridized carbons (Fsp3) is 0.250. The summed E-state index contributed by atoms with van der Waals surface area (Å²) in [4.78, 5) is 18.4. The number of amidine groups is 1. The Morgan fingerprint density at radius 1 is 1.20 bits per heavy atom. The first-order valence-electron chi connectivity index (χ1n) is 6.70. The number of aliphatic imine (C=N–C) groups is 1. The van der Waals surface area contributed by atoms with Gasteiger partial charge in [-0.25, -0.2) is 0 Å². The molecule has 0 spiro atoms. The first kappa shape index (κ1) is 13.1. The maximum absolute atomic E-state index is 12.1. The number of rotatable bonds is 3. The van der Waals surface area contributed by atoms with Gasteiger partial charge in [0.05, 0.1) is 6.54 Å². The summed E-state index contributed by atoms with van der Waals surface area (Å²) in [5.74, 6) is 1.17. The summed E-state index contributed by atoms with van der Waals surface area (Å²) >= 11 is 5.68. The average Bonchev–Trinajstić information content (AvgIpc) is 2.96. The van der Waals surface area contributed by atoms with Gasteiger partial charge >= 0.3 is 0 Å².